The van der Waals surface area contributed by atoms with E-state index in [1.165, 1.54) is 13.3 Å². The highest BCUT2D eigenvalue weighted by atomic mass is 16.5. The van der Waals surface area contributed by atoms with E-state index in [9.17, 15) is 9.59 Å². The molecule has 0 saturated carbocycles. The number of pyridine rings is 1. The predicted octanol–water partition coefficient (Wildman–Crippen LogP) is 1.75. The zero-order chi connectivity index (χ0) is 13.1. The Morgan fingerprint density at radius 2 is 2.00 bits per heavy atom. The maximum absolute atomic E-state index is 11.2. The molecule has 0 bridgehead atoms. The molecule has 0 unspecified atom stereocenters. The van der Waals surface area contributed by atoms with Crippen molar-refractivity contribution in [1.29, 1.82) is 0 Å². The molecule has 0 fully saturated rings. The predicted molar refractivity (Wildman–Crippen MR) is 66.0 cm³/mol. The number of hydrogen-bond acceptors (Lipinski definition) is 3. The third-order valence-corrected chi connectivity index (χ3v) is 2.55. The Morgan fingerprint density at radius 3 is 2.67 bits per heavy atom. The third-order valence-electron chi connectivity index (χ3n) is 2.55. The standard InChI is InChI=1S/C13H11NO4/c1-18-11-5-3-2-4-8(11)10-7-14-12(15)6-9(10)13(16)17/h2-7H,1H3,(H,14,15)(H,16,17). The molecule has 2 N–H and O–H groups in total. The molecule has 0 atom stereocenters. The normalized spacial score (nSPS) is 10.1. The van der Waals surface area contributed by atoms with E-state index in [0.29, 0.717) is 16.9 Å². The molecule has 18 heavy (non-hydrogen) atoms. The summed E-state index contributed by atoms with van der Waals surface area (Å²) in [6.07, 6.45) is 1.38. The molecule has 0 saturated heterocycles. The summed E-state index contributed by atoms with van der Waals surface area (Å²) in [5.41, 5.74) is 0.530. The average Bonchev–Trinajstić information content (AvgIpc) is 2.38. The van der Waals surface area contributed by atoms with Crippen molar-refractivity contribution in [2.45, 2.75) is 0 Å². The van der Waals surface area contributed by atoms with E-state index in [1.807, 2.05) is 0 Å². The fraction of sp³-hybridized carbons (Fsp3) is 0.0769. The molecule has 1 heterocycles. The van der Waals surface area contributed by atoms with Crippen LogP contribution in [0.25, 0.3) is 11.1 Å². The van der Waals surface area contributed by atoms with Gasteiger partial charge in [0.1, 0.15) is 5.75 Å². The molecule has 92 valence electrons. The van der Waals surface area contributed by atoms with Crippen LogP contribution in [-0.4, -0.2) is 23.2 Å². The van der Waals surface area contributed by atoms with E-state index in [0.717, 1.165) is 6.07 Å². The first-order valence-electron chi connectivity index (χ1n) is 5.23. The van der Waals surface area contributed by atoms with Crippen LogP contribution < -0.4 is 10.3 Å². The topological polar surface area (TPSA) is 79.4 Å². The summed E-state index contributed by atoms with van der Waals surface area (Å²) >= 11 is 0. The summed E-state index contributed by atoms with van der Waals surface area (Å²) in [6.45, 7) is 0. The van der Waals surface area contributed by atoms with Crippen LogP contribution in [0, 0.1) is 0 Å². The van der Waals surface area contributed by atoms with Crippen molar-refractivity contribution in [2.75, 3.05) is 7.11 Å². The van der Waals surface area contributed by atoms with Gasteiger partial charge in [0.2, 0.25) is 5.56 Å². The highest BCUT2D eigenvalue weighted by Crippen LogP contribution is 2.30. The van der Waals surface area contributed by atoms with Gasteiger partial charge in [-0.05, 0) is 6.07 Å². The number of hydrogen-bond donors (Lipinski definition) is 2. The summed E-state index contributed by atoms with van der Waals surface area (Å²) in [5.74, 6) is -0.603. The zero-order valence-corrected chi connectivity index (χ0v) is 9.64. The Bertz CT molecular complexity index is 645. The van der Waals surface area contributed by atoms with Crippen LogP contribution in [0.1, 0.15) is 10.4 Å². The van der Waals surface area contributed by atoms with Crippen molar-refractivity contribution in [3.05, 3.63) is 52.4 Å². The number of carbonyl (C=O) groups is 1. The van der Waals surface area contributed by atoms with Crippen LogP contribution in [0.4, 0.5) is 0 Å². The van der Waals surface area contributed by atoms with Crippen LogP contribution in [0.2, 0.25) is 0 Å². The van der Waals surface area contributed by atoms with E-state index >= 15 is 0 Å². The molecule has 2 rings (SSSR count). The van der Waals surface area contributed by atoms with Gasteiger partial charge in [-0.2, -0.15) is 0 Å². The van der Waals surface area contributed by atoms with Gasteiger partial charge < -0.3 is 14.8 Å². The van der Waals surface area contributed by atoms with Gasteiger partial charge in [-0.3, -0.25) is 4.79 Å². The van der Waals surface area contributed by atoms with Crippen molar-refractivity contribution in [3.63, 3.8) is 0 Å². The summed E-state index contributed by atoms with van der Waals surface area (Å²) in [7, 11) is 1.50. The smallest absolute Gasteiger partial charge is 0.336 e. The molecule has 5 heteroatoms. The number of carboxylic acid groups (broad SMARTS) is 1. The lowest BCUT2D eigenvalue weighted by atomic mass is 10.0. The molecule has 0 amide bonds. The lowest BCUT2D eigenvalue weighted by Crippen LogP contribution is -2.10. The summed E-state index contributed by atoms with van der Waals surface area (Å²) in [5, 5.41) is 9.12. The van der Waals surface area contributed by atoms with E-state index in [-0.39, 0.29) is 5.56 Å². The number of rotatable bonds is 3. The van der Waals surface area contributed by atoms with Gasteiger partial charge in [-0.25, -0.2) is 4.79 Å². The molecule has 5 nitrogen and oxygen atoms in total. The minimum Gasteiger partial charge on any atom is -0.496 e. The fourth-order valence-electron chi connectivity index (χ4n) is 1.74. The van der Waals surface area contributed by atoms with E-state index < -0.39 is 11.5 Å². The Balaban J connectivity index is 2.71. The Kier molecular flexibility index (Phi) is 3.14. The average molecular weight is 245 g/mol. The number of nitrogens with one attached hydrogen (secondary N) is 1. The number of ether oxygens (including phenoxy) is 1. The third kappa shape index (κ3) is 2.10. The highest BCUT2D eigenvalue weighted by molar-refractivity contribution is 5.96. The first-order chi connectivity index (χ1) is 8.63. The number of methoxy groups -OCH3 is 1. The zero-order valence-electron chi connectivity index (χ0n) is 9.64. The maximum atomic E-state index is 11.2. The van der Waals surface area contributed by atoms with Crippen molar-refractivity contribution in [1.82, 2.24) is 4.98 Å². The number of aromatic carboxylic acids is 1. The van der Waals surface area contributed by atoms with Gasteiger partial charge in [0.15, 0.2) is 0 Å². The lowest BCUT2D eigenvalue weighted by Gasteiger charge is -2.10. The minimum atomic E-state index is -1.15. The Hall–Kier alpha value is -2.56. The number of carboxylic acids is 1. The molecule has 0 aliphatic carbocycles. The number of H-pyrrole nitrogens is 1. The fourth-order valence-corrected chi connectivity index (χ4v) is 1.74. The number of benzene rings is 1. The van der Waals surface area contributed by atoms with Crippen molar-refractivity contribution < 1.29 is 14.6 Å². The quantitative estimate of drug-likeness (QED) is 0.863. The van der Waals surface area contributed by atoms with Gasteiger partial charge in [-0.15, -0.1) is 0 Å². The second-order valence-electron chi connectivity index (χ2n) is 3.63. The number of aromatic amines is 1. The first-order valence-corrected chi connectivity index (χ1v) is 5.23. The second-order valence-corrected chi connectivity index (χ2v) is 3.63. The van der Waals surface area contributed by atoms with Gasteiger partial charge in [0, 0.05) is 23.4 Å². The van der Waals surface area contributed by atoms with Crippen LogP contribution in [0.5, 0.6) is 5.75 Å². The Labute approximate surface area is 103 Å². The van der Waals surface area contributed by atoms with Crippen LogP contribution in [-0.2, 0) is 0 Å². The molecule has 1 aromatic carbocycles. The van der Waals surface area contributed by atoms with Gasteiger partial charge in [-0.1, -0.05) is 18.2 Å². The van der Waals surface area contributed by atoms with E-state index in [2.05, 4.69) is 4.98 Å². The van der Waals surface area contributed by atoms with E-state index in [1.54, 1.807) is 24.3 Å². The van der Waals surface area contributed by atoms with Crippen molar-refractivity contribution in [3.8, 4) is 16.9 Å². The monoisotopic (exact) mass is 245 g/mol. The molecular formula is C13H11NO4. The largest absolute Gasteiger partial charge is 0.496 e. The lowest BCUT2D eigenvalue weighted by molar-refractivity contribution is 0.0697. The molecule has 0 aliphatic heterocycles. The molecule has 1 aromatic heterocycles. The Morgan fingerprint density at radius 1 is 1.28 bits per heavy atom. The van der Waals surface area contributed by atoms with Crippen LogP contribution in [0.15, 0.2) is 41.3 Å². The van der Waals surface area contributed by atoms with Crippen LogP contribution >= 0.6 is 0 Å². The summed E-state index contributed by atoms with van der Waals surface area (Å²) in [6, 6.07) is 8.08. The summed E-state index contributed by atoms with van der Waals surface area (Å²) in [4.78, 5) is 24.8. The number of aromatic nitrogens is 1. The minimum absolute atomic E-state index is 0.0525. The number of para-hydroxylation sites is 1. The highest BCUT2D eigenvalue weighted by Gasteiger charge is 2.15. The van der Waals surface area contributed by atoms with Crippen molar-refractivity contribution >= 4 is 5.97 Å². The molecule has 0 spiro atoms. The SMILES string of the molecule is COc1ccccc1-c1c[nH]c(=O)cc1C(=O)O. The van der Waals surface area contributed by atoms with Gasteiger partial charge >= 0.3 is 5.97 Å². The molecular weight excluding hydrogens is 234 g/mol. The second kappa shape index (κ2) is 4.75. The van der Waals surface area contributed by atoms with Crippen LogP contribution in [0.3, 0.4) is 0 Å². The summed E-state index contributed by atoms with van der Waals surface area (Å²) < 4.78 is 5.18. The van der Waals surface area contributed by atoms with Crippen molar-refractivity contribution in [2.24, 2.45) is 0 Å². The molecule has 0 aliphatic rings. The van der Waals surface area contributed by atoms with E-state index in [4.69, 9.17) is 9.84 Å². The molecule has 2 aromatic rings. The van der Waals surface area contributed by atoms with Gasteiger partial charge in [0.25, 0.3) is 0 Å². The first kappa shape index (κ1) is 11.9. The maximum Gasteiger partial charge on any atom is 0.336 e. The van der Waals surface area contributed by atoms with Gasteiger partial charge in [0.05, 0.1) is 12.7 Å². The molecule has 0 radical (unpaired) electrons.